The van der Waals surface area contributed by atoms with Gasteiger partial charge < -0.3 is 25.3 Å². The Kier molecular flexibility index (Phi) is 8.73. The van der Waals surface area contributed by atoms with Crippen molar-refractivity contribution in [3.05, 3.63) is 35.5 Å². The Morgan fingerprint density at radius 3 is 2.71 bits per heavy atom. The number of H-pyrrole nitrogens is 1. The van der Waals surface area contributed by atoms with Crippen molar-refractivity contribution in [2.75, 3.05) is 66.6 Å². The van der Waals surface area contributed by atoms with E-state index in [0.717, 1.165) is 58.8 Å². The van der Waals surface area contributed by atoms with Crippen LogP contribution >= 0.6 is 0 Å². The lowest BCUT2D eigenvalue weighted by atomic mass is 10.1. The number of aliphatic imine (C=N–C) groups is 1. The molecule has 3 rings (SSSR count). The number of hydrogen-bond donors (Lipinski definition) is 3. The van der Waals surface area contributed by atoms with Crippen LogP contribution in [0.2, 0.25) is 0 Å². The Labute approximate surface area is 185 Å². The van der Waals surface area contributed by atoms with Gasteiger partial charge in [-0.15, -0.1) is 0 Å². The molecule has 1 saturated heterocycles. The summed E-state index contributed by atoms with van der Waals surface area (Å²) in [5.74, 6) is 0.663. The van der Waals surface area contributed by atoms with Crippen molar-refractivity contribution in [1.82, 2.24) is 25.4 Å². The number of fused-ring (bicyclic) bond motifs is 1. The number of carbonyl (C=O) groups is 1. The van der Waals surface area contributed by atoms with Crippen LogP contribution in [-0.4, -0.2) is 93.2 Å². The van der Waals surface area contributed by atoms with E-state index in [9.17, 15) is 4.79 Å². The zero-order valence-electron chi connectivity index (χ0n) is 19.0. The number of nitrogens with zero attached hydrogens (tertiary/aromatic N) is 3. The first kappa shape index (κ1) is 23.1. The summed E-state index contributed by atoms with van der Waals surface area (Å²) in [5.41, 5.74) is 3.86. The van der Waals surface area contributed by atoms with Gasteiger partial charge in [-0.1, -0.05) is 25.1 Å². The van der Waals surface area contributed by atoms with E-state index < -0.39 is 0 Å². The van der Waals surface area contributed by atoms with Gasteiger partial charge in [0, 0.05) is 63.9 Å². The number of nitrogens with one attached hydrogen (secondary N) is 3. The number of hydrogen-bond acceptors (Lipinski definition) is 4. The summed E-state index contributed by atoms with van der Waals surface area (Å²) in [6, 6.07) is 6.47. The smallest absolute Gasteiger partial charge is 0.243 e. The van der Waals surface area contributed by atoms with Gasteiger partial charge in [-0.05, 0) is 24.0 Å². The second kappa shape index (κ2) is 11.7. The van der Waals surface area contributed by atoms with Crippen molar-refractivity contribution in [2.24, 2.45) is 4.99 Å². The maximum absolute atomic E-state index is 12.0. The number of guanidine groups is 1. The highest BCUT2D eigenvalue weighted by Crippen LogP contribution is 2.22. The number of benzene rings is 1. The van der Waals surface area contributed by atoms with Crippen LogP contribution < -0.4 is 10.6 Å². The first-order valence-corrected chi connectivity index (χ1v) is 11.2. The number of ether oxygens (including phenoxy) is 1. The van der Waals surface area contributed by atoms with Gasteiger partial charge in [0.05, 0.1) is 13.2 Å². The third kappa shape index (κ3) is 6.70. The molecule has 3 N–H and O–H groups in total. The lowest BCUT2D eigenvalue weighted by Gasteiger charge is -2.26. The largest absolute Gasteiger partial charge is 0.379 e. The van der Waals surface area contributed by atoms with Gasteiger partial charge in [0.1, 0.15) is 6.54 Å². The van der Waals surface area contributed by atoms with Crippen molar-refractivity contribution < 1.29 is 9.53 Å². The van der Waals surface area contributed by atoms with E-state index in [0.29, 0.717) is 5.96 Å². The summed E-state index contributed by atoms with van der Waals surface area (Å²) < 4.78 is 5.41. The Morgan fingerprint density at radius 2 is 1.97 bits per heavy atom. The number of rotatable bonds is 9. The molecule has 2 aromatic rings. The topological polar surface area (TPSA) is 85.0 Å². The third-order valence-electron chi connectivity index (χ3n) is 5.65. The van der Waals surface area contributed by atoms with Gasteiger partial charge in [-0.2, -0.15) is 0 Å². The van der Waals surface area contributed by atoms with E-state index >= 15 is 0 Å². The van der Waals surface area contributed by atoms with Crippen LogP contribution in [0.1, 0.15) is 18.1 Å². The number of aromatic nitrogens is 1. The summed E-state index contributed by atoms with van der Waals surface area (Å²) >= 11 is 0. The summed E-state index contributed by atoms with van der Waals surface area (Å²) in [6.45, 7) is 8.25. The van der Waals surface area contributed by atoms with Crippen molar-refractivity contribution in [2.45, 2.75) is 19.8 Å². The fourth-order valence-corrected chi connectivity index (χ4v) is 3.71. The molecular weight excluding hydrogens is 392 g/mol. The van der Waals surface area contributed by atoms with E-state index in [2.05, 4.69) is 56.8 Å². The summed E-state index contributed by atoms with van der Waals surface area (Å²) in [6.07, 6.45) is 3.99. The van der Waals surface area contributed by atoms with Crippen LogP contribution in [0, 0.1) is 0 Å². The van der Waals surface area contributed by atoms with Crippen LogP contribution in [0.4, 0.5) is 0 Å². The standard InChI is InChI=1S/C23H36N6O2/c1-4-18-6-5-7-20-19(16-26-22(18)20)8-9-24-23(27-17-21(30)28(2)3)25-10-11-29-12-14-31-15-13-29/h5-7,16,26H,4,8-15,17H2,1-3H3,(H2,24,25,27). The molecule has 1 aliphatic rings. The molecule has 31 heavy (non-hydrogen) atoms. The summed E-state index contributed by atoms with van der Waals surface area (Å²) in [4.78, 5) is 23.8. The van der Waals surface area contributed by atoms with Crippen LogP contribution in [0.3, 0.4) is 0 Å². The highest BCUT2D eigenvalue weighted by molar-refractivity contribution is 5.86. The van der Waals surface area contributed by atoms with E-state index in [1.165, 1.54) is 22.0 Å². The van der Waals surface area contributed by atoms with E-state index in [1.54, 1.807) is 19.0 Å². The molecule has 8 heteroatoms. The highest BCUT2D eigenvalue weighted by Gasteiger charge is 2.11. The van der Waals surface area contributed by atoms with Crippen LogP contribution in [0.15, 0.2) is 29.4 Å². The molecule has 8 nitrogen and oxygen atoms in total. The van der Waals surface area contributed by atoms with Crippen molar-refractivity contribution in [3.8, 4) is 0 Å². The number of morpholine rings is 1. The lowest BCUT2D eigenvalue weighted by molar-refractivity contribution is -0.127. The molecule has 1 aliphatic heterocycles. The van der Waals surface area contributed by atoms with Crippen molar-refractivity contribution in [3.63, 3.8) is 0 Å². The molecule has 0 aliphatic carbocycles. The second-order valence-corrected chi connectivity index (χ2v) is 8.02. The zero-order valence-corrected chi connectivity index (χ0v) is 19.0. The van der Waals surface area contributed by atoms with Gasteiger partial charge in [-0.3, -0.25) is 9.69 Å². The Hall–Kier alpha value is -2.58. The minimum Gasteiger partial charge on any atom is -0.379 e. The molecule has 170 valence electrons. The van der Waals surface area contributed by atoms with E-state index in [-0.39, 0.29) is 12.5 Å². The first-order valence-electron chi connectivity index (χ1n) is 11.2. The quantitative estimate of drug-likeness (QED) is 0.413. The monoisotopic (exact) mass is 428 g/mol. The van der Waals surface area contributed by atoms with Crippen molar-refractivity contribution in [1.29, 1.82) is 0 Å². The van der Waals surface area contributed by atoms with E-state index in [4.69, 9.17) is 4.74 Å². The molecule has 2 heterocycles. The number of para-hydroxylation sites is 1. The van der Waals surface area contributed by atoms with Gasteiger partial charge in [0.15, 0.2) is 5.96 Å². The molecule has 0 spiro atoms. The normalized spacial score (nSPS) is 15.3. The fraction of sp³-hybridized carbons (Fsp3) is 0.565. The molecular formula is C23H36N6O2. The molecule has 0 radical (unpaired) electrons. The molecule has 1 aromatic heterocycles. The predicted molar refractivity (Wildman–Crippen MR) is 126 cm³/mol. The van der Waals surface area contributed by atoms with Gasteiger partial charge in [-0.25, -0.2) is 4.99 Å². The molecule has 0 saturated carbocycles. The van der Waals surface area contributed by atoms with Gasteiger partial charge in [0.25, 0.3) is 0 Å². The Bertz CT molecular complexity index is 870. The average Bonchev–Trinajstić information content (AvgIpc) is 3.20. The predicted octanol–water partition coefficient (Wildman–Crippen LogP) is 1.23. The maximum Gasteiger partial charge on any atom is 0.243 e. The van der Waals surface area contributed by atoms with Crippen LogP contribution in [0.5, 0.6) is 0 Å². The van der Waals surface area contributed by atoms with E-state index in [1.807, 2.05) is 0 Å². The van der Waals surface area contributed by atoms with Crippen LogP contribution in [0.25, 0.3) is 10.9 Å². The zero-order chi connectivity index (χ0) is 22.1. The Balaban J connectivity index is 1.55. The second-order valence-electron chi connectivity index (χ2n) is 8.02. The SMILES string of the molecule is CCc1cccc2c(CCNC(=NCC(=O)N(C)C)NCCN3CCOCC3)c[nH]c12. The number of likely N-dealkylation sites (N-methyl/N-ethyl adjacent to an activating group) is 1. The van der Waals surface area contributed by atoms with Crippen LogP contribution in [-0.2, 0) is 22.4 Å². The number of aryl methyl sites for hydroxylation is 1. The number of carbonyl (C=O) groups excluding carboxylic acids is 1. The number of aromatic amines is 1. The molecule has 1 amide bonds. The number of amides is 1. The maximum atomic E-state index is 12.0. The molecule has 0 atom stereocenters. The Morgan fingerprint density at radius 1 is 1.19 bits per heavy atom. The average molecular weight is 429 g/mol. The minimum atomic E-state index is -0.0157. The highest BCUT2D eigenvalue weighted by atomic mass is 16.5. The lowest BCUT2D eigenvalue weighted by Crippen LogP contribution is -2.45. The molecule has 1 aromatic carbocycles. The van der Waals surface area contributed by atoms with Gasteiger partial charge in [0.2, 0.25) is 5.91 Å². The summed E-state index contributed by atoms with van der Waals surface area (Å²) in [5, 5.41) is 8.05. The molecule has 0 bridgehead atoms. The van der Waals surface area contributed by atoms with Gasteiger partial charge >= 0.3 is 0 Å². The first-order chi connectivity index (χ1) is 15.1. The third-order valence-corrected chi connectivity index (χ3v) is 5.65. The minimum absolute atomic E-state index is 0.0157. The molecule has 1 fully saturated rings. The van der Waals surface area contributed by atoms with Crippen molar-refractivity contribution >= 4 is 22.8 Å². The molecule has 0 unspecified atom stereocenters. The fourth-order valence-electron chi connectivity index (χ4n) is 3.71. The summed E-state index contributed by atoms with van der Waals surface area (Å²) in [7, 11) is 3.50.